The summed E-state index contributed by atoms with van der Waals surface area (Å²) in [7, 11) is 0. The summed E-state index contributed by atoms with van der Waals surface area (Å²) in [6, 6.07) is 10.6. The van der Waals surface area contributed by atoms with Gasteiger partial charge >= 0.3 is 0 Å². The van der Waals surface area contributed by atoms with Crippen LogP contribution in [0.3, 0.4) is 0 Å². The van der Waals surface area contributed by atoms with E-state index in [0.29, 0.717) is 17.0 Å². The number of aryl methyl sites for hydroxylation is 1. The maximum Gasteiger partial charge on any atom is 0.256 e. The third-order valence-corrected chi connectivity index (χ3v) is 6.45. The Bertz CT molecular complexity index is 1070. The van der Waals surface area contributed by atoms with Gasteiger partial charge in [0.25, 0.3) is 5.91 Å². The van der Waals surface area contributed by atoms with Gasteiger partial charge in [-0.05, 0) is 38.5 Å². The van der Waals surface area contributed by atoms with Crippen LogP contribution in [0.15, 0.2) is 36.4 Å². The zero-order valence-electron chi connectivity index (χ0n) is 17.3. The molecule has 1 saturated heterocycles. The number of anilines is 2. The SMILES string of the molecule is Cc1cc2nc(NC(=O)c3ccc(C(C)(C)O)cc3)cc(N3CC[S+](O)CC3)n2n1. The van der Waals surface area contributed by atoms with Gasteiger partial charge in [-0.2, -0.15) is 14.2 Å². The number of nitrogens with one attached hydrogen (secondary N) is 1. The van der Waals surface area contributed by atoms with Gasteiger partial charge in [0, 0.05) is 17.7 Å². The Morgan fingerprint density at radius 2 is 1.83 bits per heavy atom. The third-order valence-electron chi connectivity index (χ3n) is 5.14. The minimum atomic E-state index is -0.959. The molecule has 4 rings (SSSR count). The van der Waals surface area contributed by atoms with Crippen molar-refractivity contribution >= 4 is 34.4 Å². The van der Waals surface area contributed by atoms with Gasteiger partial charge in [0.1, 0.15) is 22.8 Å². The van der Waals surface area contributed by atoms with E-state index in [1.165, 1.54) is 0 Å². The van der Waals surface area contributed by atoms with Crippen LogP contribution in [0.25, 0.3) is 5.65 Å². The quantitative estimate of drug-likeness (QED) is 0.552. The molecule has 0 saturated carbocycles. The smallest absolute Gasteiger partial charge is 0.256 e. The first-order valence-electron chi connectivity index (χ1n) is 9.84. The number of benzene rings is 1. The largest absolute Gasteiger partial charge is 0.386 e. The molecule has 0 atom stereocenters. The zero-order valence-corrected chi connectivity index (χ0v) is 18.1. The van der Waals surface area contributed by atoms with Crippen LogP contribution in [0, 0.1) is 6.92 Å². The first-order chi connectivity index (χ1) is 14.2. The Hall–Kier alpha value is -2.62. The van der Waals surface area contributed by atoms with Crippen LogP contribution in [0.5, 0.6) is 0 Å². The van der Waals surface area contributed by atoms with Crippen molar-refractivity contribution in [2.24, 2.45) is 0 Å². The van der Waals surface area contributed by atoms with Crippen molar-refractivity contribution in [1.29, 1.82) is 0 Å². The molecule has 3 heterocycles. The van der Waals surface area contributed by atoms with E-state index in [1.54, 1.807) is 42.6 Å². The average Bonchev–Trinajstić information content (AvgIpc) is 3.07. The molecule has 0 bridgehead atoms. The van der Waals surface area contributed by atoms with Crippen LogP contribution in [0.4, 0.5) is 11.6 Å². The van der Waals surface area contributed by atoms with Crippen LogP contribution >= 0.6 is 0 Å². The maximum atomic E-state index is 12.8. The van der Waals surface area contributed by atoms with Crippen molar-refractivity contribution in [3.8, 4) is 0 Å². The lowest BCUT2D eigenvalue weighted by atomic mass is 9.97. The van der Waals surface area contributed by atoms with Crippen LogP contribution in [0.1, 0.15) is 35.5 Å². The molecule has 8 nitrogen and oxygen atoms in total. The number of fused-ring (bicyclic) bond motifs is 1. The fraction of sp³-hybridized carbons (Fsp3) is 0.381. The lowest BCUT2D eigenvalue weighted by Gasteiger charge is -2.26. The molecule has 0 unspecified atom stereocenters. The number of rotatable bonds is 4. The lowest BCUT2D eigenvalue weighted by Crippen LogP contribution is -2.41. The highest BCUT2D eigenvalue weighted by Crippen LogP contribution is 2.24. The molecule has 1 aliphatic rings. The second kappa shape index (κ2) is 7.90. The van der Waals surface area contributed by atoms with Gasteiger partial charge < -0.3 is 15.3 Å². The Morgan fingerprint density at radius 3 is 2.47 bits per heavy atom. The van der Waals surface area contributed by atoms with E-state index in [2.05, 4.69) is 20.3 Å². The number of hydrogen-bond acceptors (Lipinski definition) is 6. The molecule has 3 aromatic rings. The van der Waals surface area contributed by atoms with E-state index < -0.39 is 16.8 Å². The van der Waals surface area contributed by atoms with Gasteiger partial charge in [0.15, 0.2) is 17.2 Å². The molecule has 1 fully saturated rings. The van der Waals surface area contributed by atoms with Crippen LogP contribution in [-0.4, -0.2) is 54.8 Å². The Labute approximate surface area is 178 Å². The summed E-state index contributed by atoms with van der Waals surface area (Å²) >= 11 is -0.536. The minimum absolute atomic E-state index is 0.271. The summed E-state index contributed by atoms with van der Waals surface area (Å²) in [5.41, 5.74) is 1.76. The number of nitrogens with zero attached hydrogens (tertiary/aromatic N) is 4. The summed E-state index contributed by atoms with van der Waals surface area (Å²) < 4.78 is 11.6. The normalized spacial score (nSPS) is 15.6. The summed E-state index contributed by atoms with van der Waals surface area (Å²) in [5, 5.41) is 17.5. The Morgan fingerprint density at radius 1 is 1.17 bits per heavy atom. The van der Waals surface area contributed by atoms with Crippen LogP contribution < -0.4 is 10.2 Å². The number of amides is 1. The molecule has 9 heteroatoms. The van der Waals surface area contributed by atoms with Crippen LogP contribution in [0.2, 0.25) is 0 Å². The molecular formula is C21H26N5O3S+. The number of carbonyl (C=O) groups is 1. The highest BCUT2D eigenvalue weighted by molar-refractivity contribution is 7.91. The first kappa shape index (κ1) is 20.6. The van der Waals surface area contributed by atoms with Gasteiger partial charge in [-0.3, -0.25) is 4.79 Å². The van der Waals surface area contributed by atoms with Crippen molar-refractivity contribution in [3.63, 3.8) is 0 Å². The number of aromatic nitrogens is 3. The van der Waals surface area contributed by atoms with Crippen molar-refractivity contribution in [2.75, 3.05) is 34.8 Å². The Balaban J connectivity index is 1.61. The standard InChI is InChI=1S/C21H25N5O3S/c1-14-12-18-22-17(13-19(26(18)24-14)25-8-10-30(29)11-9-25)23-20(27)15-4-6-16(7-5-15)21(2,3)28/h4-7,12-13,28-29H,8-11H2,1-3H3/p+1. The van der Waals surface area contributed by atoms with E-state index >= 15 is 0 Å². The molecule has 2 aromatic heterocycles. The molecule has 158 valence electrons. The van der Waals surface area contributed by atoms with Gasteiger partial charge in [-0.25, -0.2) is 4.98 Å². The van der Waals surface area contributed by atoms with Crippen molar-refractivity contribution < 1.29 is 14.5 Å². The van der Waals surface area contributed by atoms with E-state index in [1.807, 2.05) is 19.1 Å². The minimum Gasteiger partial charge on any atom is -0.386 e. The fourth-order valence-corrected chi connectivity index (χ4v) is 4.52. The fourth-order valence-electron chi connectivity index (χ4n) is 3.45. The molecule has 0 spiro atoms. The second-order valence-electron chi connectivity index (χ2n) is 8.00. The second-order valence-corrected chi connectivity index (χ2v) is 9.74. The van der Waals surface area contributed by atoms with E-state index in [0.717, 1.165) is 41.7 Å². The van der Waals surface area contributed by atoms with Gasteiger partial charge in [-0.15, -0.1) is 0 Å². The Kier molecular flexibility index (Phi) is 5.44. The molecular weight excluding hydrogens is 402 g/mol. The third kappa shape index (κ3) is 4.28. The number of carbonyl (C=O) groups excluding carboxylic acids is 1. The molecule has 1 aromatic carbocycles. The lowest BCUT2D eigenvalue weighted by molar-refractivity contribution is 0.0785. The summed E-state index contributed by atoms with van der Waals surface area (Å²) in [6.45, 7) is 6.77. The van der Waals surface area contributed by atoms with Gasteiger partial charge in [0.2, 0.25) is 0 Å². The average molecular weight is 429 g/mol. The highest BCUT2D eigenvalue weighted by atomic mass is 32.2. The van der Waals surface area contributed by atoms with E-state index in [4.69, 9.17) is 0 Å². The first-order valence-corrected chi connectivity index (χ1v) is 11.4. The molecule has 3 N–H and O–H groups in total. The number of hydrogen-bond donors (Lipinski definition) is 3. The predicted molar refractivity (Wildman–Crippen MR) is 119 cm³/mol. The molecule has 1 aliphatic heterocycles. The molecule has 0 aliphatic carbocycles. The van der Waals surface area contributed by atoms with Crippen molar-refractivity contribution in [1.82, 2.24) is 14.6 Å². The predicted octanol–water partition coefficient (Wildman–Crippen LogP) is 2.43. The van der Waals surface area contributed by atoms with Crippen LogP contribution in [-0.2, 0) is 16.8 Å². The van der Waals surface area contributed by atoms with E-state index in [9.17, 15) is 14.5 Å². The highest BCUT2D eigenvalue weighted by Gasteiger charge is 2.27. The zero-order chi connectivity index (χ0) is 21.5. The molecule has 30 heavy (non-hydrogen) atoms. The topological polar surface area (TPSA) is 103 Å². The van der Waals surface area contributed by atoms with Crippen molar-refractivity contribution in [2.45, 2.75) is 26.4 Å². The number of aliphatic hydroxyl groups is 1. The van der Waals surface area contributed by atoms with E-state index in [-0.39, 0.29) is 5.91 Å². The van der Waals surface area contributed by atoms with Crippen molar-refractivity contribution in [3.05, 3.63) is 53.2 Å². The summed E-state index contributed by atoms with van der Waals surface area (Å²) in [6.07, 6.45) is 0. The molecule has 0 radical (unpaired) electrons. The van der Waals surface area contributed by atoms with Gasteiger partial charge in [-0.1, -0.05) is 12.1 Å². The summed E-state index contributed by atoms with van der Waals surface area (Å²) in [5.74, 6) is 2.46. The van der Waals surface area contributed by atoms with Gasteiger partial charge in [0.05, 0.1) is 24.4 Å². The monoisotopic (exact) mass is 428 g/mol. The molecule has 1 amide bonds. The summed E-state index contributed by atoms with van der Waals surface area (Å²) in [4.78, 5) is 19.5. The maximum absolute atomic E-state index is 12.8.